The Morgan fingerprint density at radius 1 is 1.16 bits per heavy atom. The van der Waals surface area contributed by atoms with Gasteiger partial charge in [0, 0.05) is 30.3 Å². The van der Waals surface area contributed by atoms with E-state index in [-0.39, 0.29) is 42.0 Å². The highest BCUT2D eigenvalue weighted by Gasteiger charge is 2.53. The normalized spacial score (nSPS) is 24.8. The molecule has 2 aromatic carbocycles. The lowest BCUT2D eigenvalue weighted by molar-refractivity contribution is -0.159. The van der Waals surface area contributed by atoms with Gasteiger partial charge in [-0.05, 0) is 56.4 Å². The summed E-state index contributed by atoms with van der Waals surface area (Å²) in [7, 11) is 1.67. The number of carbonyl (C=O) groups is 2. The van der Waals surface area contributed by atoms with Crippen molar-refractivity contribution in [3.8, 4) is 5.75 Å². The third-order valence-electron chi connectivity index (χ3n) is 7.33. The molecule has 196 valence electrons. The lowest BCUT2D eigenvalue weighted by atomic mass is 9.75. The molecule has 0 bridgehead atoms. The van der Waals surface area contributed by atoms with Crippen molar-refractivity contribution in [2.24, 2.45) is 16.9 Å². The van der Waals surface area contributed by atoms with Crippen LogP contribution < -0.4 is 15.5 Å². The monoisotopic (exact) mass is 521 g/mol. The quantitative estimate of drug-likeness (QED) is 0.577. The van der Waals surface area contributed by atoms with E-state index in [0.29, 0.717) is 19.4 Å². The van der Waals surface area contributed by atoms with E-state index in [1.54, 1.807) is 18.9 Å². The van der Waals surface area contributed by atoms with Gasteiger partial charge in [0.2, 0.25) is 11.8 Å². The van der Waals surface area contributed by atoms with E-state index in [1.165, 1.54) is 0 Å². The fraction of sp³-hybridized carbons (Fsp3) is 0.464. The minimum absolute atomic E-state index is 0.0762. The molecule has 5 rings (SSSR count). The molecule has 9 heteroatoms. The maximum Gasteiger partial charge on any atom is 0.231 e. The first-order valence-corrected chi connectivity index (χ1v) is 13.9. The average molecular weight is 522 g/mol. The molecule has 1 saturated heterocycles. The van der Waals surface area contributed by atoms with Gasteiger partial charge in [-0.1, -0.05) is 54.2 Å². The van der Waals surface area contributed by atoms with Crippen LogP contribution >= 0.6 is 11.8 Å². The van der Waals surface area contributed by atoms with Gasteiger partial charge in [-0.2, -0.15) is 5.10 Å². The molecule has 0 aromatic heterocycles. The fourth-order valence-corrected chi connectivity index (χ4v) is 6.54. The van der Waals surface area contributed by atoms with E-state index < -0.39 is 0 Å². The van der Waals surface area contributed by atoms with Crippen molar-refractivity contribution < 1.29 is 14.3 Å². The Hall–Kier alpha value is -3.20. The van der Waals surface area contributed by atoms with Gasteiger partial charge < -0.3 is 15.0 Å². The summed E-state index contributed by atoms with van der Waals surface area (Å²) in [5.41, 5.74) is 5.47. The van der Waals surface area contributed by atoms with E-state index in [2.05, 4.69) is 21.7 Å². The lowest BCUT2D eigenvalue weighted by Crippen LogP contribution is -2.67. The first-order chi connectivity index (χ1) is 17.9. The molecule has 37 heavy (non-hydrogen) atoms. The Morgan fingerprint density at radius 2 is 1.95 bits per heavy atom. The first kappa shape index (κ1) is 25.4. The van der Waals surface area contributed by atoms with Gasteiger partial charge >= 0.3 is 0 Å². The predicted molar refractivity (Wildman–Crippen MR) is 145 cm³/mol. The highest BCUT2D eigenvalue weighted by Crippen LogP contribution is 2.41. The molecule has 2 fully saturated rings. The third kappa shape index (κ3) is 5.42. The van der Waals surface area contributed by atoms with Crippen LogP contribution in [0.15, 0.2) is 59.7 Å². The van der Waals surface area contributed by atoms with Crippen LogP contribution in [-0.2, 0) is 21.9 Å². The number of carbonyl (C=O) groups excluding carboxylic acids is 2. The number of benzene rings is 2. The molecular formula is C28H35N5O3S. The van der Waals surface area contributed by atoms with Crippen LogP contribution in [0.3, 0.4) is 0 Å². The van der Waals surface area contributed by atoms with Crippen molar-refractivity contribution in [2.75, 3.05) is 7.11 Å². The molecule has 8 nitrogen and oxygen atoms in total. The molecule has 2 heterocycles. The molecule has 0 radical (unpaired) electrons. The number of hydrogen-bond acceptors (Lipinski definition) is 7. The smallest absolute Gasteiger partial charge is 0.231 e. The van der Waals surface area contributed by atoms with E-state index in [4.69, 9.17) is 9.84 Å². The molecular weight excluding hydrogens is 486 g/mol. The van der Waals surface area contributed by atoms with Crippen molar-refractivity contribution in [3.63, 3.8) is 0 Å². The van der Waals surface area contributed by atoms with Crippen molar-refractivity contribution in [3.05, 3.63) is 65.7 Å². The van der Waals surface area contributed by atoms with Gasteiger partial charge in [-0.3, -0.25) is 19.9 Å². The Kier molecular flexibility index (Phi) is 7.60. The number of thioether (sulfide) groups is 1. The highest BCUT2D eigenvalue weighted by molar-refractivity contribution is 8.13. The second-order valence-electron chi connectivity index (χ2n) is 10.2. The minimum Gasteiger partial charge on any atom is -0.497 e. The number of rotatable bonds is 7. The SMILES string of the molecule is COc1cccc(CSC2=NNC3N(Cc4ccccc4)C(=O)C4CCC(C(=O)NC(C)C)CC4N23)c1. The predicted octanol–water partition coefficient (Wildman–Crippen LogP) is 3.74. The topological polar surface area (TPSA) is 86.3 Å². The molecule has 2 aliphatic heterocycles. The zero-order chi connectivity index (χ0) is 25.9. The van der Waals surface area contributed by atoms with Crippen LogP contribution in [0.25, 0.3) is 0 Å². The van der Waals surface area contributed by atoms with Crippen LogP contribution in [0.5, 0.6) is 5.75 Å². The van der Waals surface area contributed by atoms with Crippen LogP contribution in [0.2, 0.25) is 0 Å². The second-order valence-corrected chi connectivity index (χ2v) is 11.2. The number of nitrogens with one attached hydrogen (secondary N) is 2. The van der Waals surface area contributed by atoms with Gasteiger partial charge in [0.05, 0.1) is 13.0 Å². The van der Waals surface area contributed by atoms with E-state index >= 15 is 0 Å². The summed E-state index contributed by atoms with van der Waals surface area (Å²) in [4.78, 5) is 30.9. The zero-order valence-electron chi connectivity index (χ0n) is 21.6. The van der Waals surface area contributed by atoms with Crippen LogP contribution in [0, 0.1) is 11.8 Å². The summed E-state index contributed by atoms with van der Waals surface area (Å²) in [5, 5.41) is 8.64. The Morgan fingerprint density at radius 3 is 2.70 bits per heavy atom. The summed E-state index contributed by atoms with van der Waals surface area (Å²) in [5.74, 6) is 1.50. The Bertz CT molecular complexity index is 1160. The largest absolute Gasteiger partial charge is 0.497 e. The summed E-state index contributed by atoms with van der Waals surface area (Å²) in [6.45, 7) is 4.47. The van der Waals surface area contributed by atoms with Crippen LogP contribution in [0.4, 0.5) is 0 Å². The molecule has 1 aliphatic carbocycles. The maximum absolute atomic E-state index is 13.8. The fourth-order valence-electron chi connectivity index (χ4n) is 5.56. The first-order valence-electron chi connectivity index (χ1n) is 13.0. The molecule has 1 saturated carbocycles. The number of fused-ring (bicyclic) bond motifs is 3. The average Bonchev–Trinajstić information content (AvgIpc) is 3.34. The van der Waals surface area contributed by atoms with Crippen molar-refractivity contribution >= 4 is 28.7 Å². The van der Waals surface area contributed by atoms with Crippen LogP contribution in [-0.4, -0.2) is 52.3 Å². The lowest BCUT2D eigenvalue weighted by Gasteiger charge is -2.51. The van der Waals surface area contributed by atoms with Crippen LogP contribution in [0.1, 0.15) is 44.2 Å². The number of methoxy groups -OCH3 is 1. The third-order valence-corrected chi connectivity index (χ3v) is 8.37. The number of ether oxygens (including phenoxy) is 1. The van der Waals surface area contributed by atoms with Crippen molar-refractivity contribution in [1.82, 2.24) is 20.5 Å². The van der Waals surface area contributed by atoms with Gasteiger partial charge in [0.1, 0.15) is 5.75 Å². The standard InChI is InChI=1S/C28H35N5O3S/c1-18(2)29-25(34)21-12-13-23-24(15-21)33-27(32(26(23)35)16-19-8-5-4-6-9-19)30-31-28(33)37-17-20-10-7-11-22(14-20)36-3/h4-11,14,18,21,23-24,27,30H,12-13,15-17H2,1-3H3,(H,29,34). The number of amides is 2. The second kappa shape index (κ2) is 11.0. The zero-order valence-corrected chi connectivity index (χ0v) is 22.4. The van der Waals surface area contributed by atoms with Gasteiger partial charge in [-0.15, -0.1) is 0 Å². The molecule has 3 aliphatic rings. The molecule has 4 unspecified atom stereocenters. The van der Waals surface area contributed by atoms with E-state index in [0.717, 1.165) is 34.2 Å². The summed E-state index contributed by atoms with van der Waals surface area (Å²) in [6.07, 6.45) is 1.70. The number of nitrogens with zero attached hydrogens (tertiary/aromatic N) is 3. The van der Waals surface area contributed by atoms with Crippen molar-refractivity contribution in [1.29, 1.82) is 0 Å². The highest BCUT2D eigenvalue weighted by atomic mass is 32.2. The van der Waals surface area contributed by atoms with Gasteiger partial charge in [-0.25, -0.2) is 0 Å². The summed E-state index contributed by atoms with van der Waals surface area (Å²) >= 11 is 1.65. The van der Waals surface area contributed by atoms with Gasteiger partial charge in [0.15, 0.2) is 11.5 Å². The summed E-state index contributed by atoms with van der Waals surface area (Å²) in [6, 6.07) is 18.1. The molecule has 2 aromatic rings. The molecule has 2 amide bonds. The van der Waals surface area contributed by atoms with E-state index in [9.17, 15) is 9.59 Å². The molecule has 4 atom stereocenters. The number of hydrogen-bond donors (Lipinski definition) is 2. The maximum atomic E-state index is 13.8. The minimum atomic E-state index is -0.367. The van der Waals surface area contributed by atoms with Crippen molar-refractivity contribution in [2.45, 2.75) is 63.8 Å². The number of amidine groups is 1. The Labute approximate surface area is 222 Å². The molecule has 0 spiro atoms. The summed E-state index contributed by atoms with van der Waals surface area (Å²) < 4.78 is 5.38. The van der Waals surface area contributed by atoms with Gasteiger partial charge in [0.25, 0.3) is 0 Å². The molecule has 2 N–H and O–H groups in total. The number of hydrazone groups is 1. The Balaban J connectivity index is 1.39. The van der Waals surface area contributed by atoms with E-state index in [1.807, 2.05) is 67.3 Å².